The fourth-order valence-electron chi connectivity index (χ4n) is 2.38. The van der Waals surface area contributed by atoms with E-state index >= 15 is 0 Å². The number of carbonyl (C=O) groups excluding carboxylic acids is 1. The first kappa shape index (κ1) is 20.8. The maximum Gasteiger partial charge on any atom is 0.242 e. The van der Waals surface area contributed by atoms with E-state index in [1.165, 1.54) is 31.1 Å². The zero-order chi connectivity index (χ0) is 20.2. The van der Waals surface area contributed by atoms with Crippen LogP contribution in [-0.4, -0.2) is 46.3 Å². The van der Waals surface area contributed by atoms with Gasteiger partial charge in [-0.15, -0.1) is 0 Å². The molecule has 1 N–H and O–H groups in total. The Morgan fingerprint density at radius 1 is 1.04 bits per heavy atom. The summed E-state index contributed by atoms with van der Waals surface area (Å²) in [5.74, 6) is -2.35. The van der Waals surface area contributed by atoms with Gasteiger partial charge in [0.1, 0.15) is 0 Å². The molecule has 2 rings (SSSR count). The second-order valence-corrected chi connectivity index (χ2v) is 8.25. The molecular formula is C18H21F2N3O3S. The number of likely N-dealkylation sites (N-methyl/N-ethyl adjacent to an activating group) is 1. The van der Waals surface area contributed by atoms with Crippen molar-refractivity contribution in [1.82, 2.24) is 9.62 Å². The first-order valence-corrected chi connectivity index (χ1v) is 9.50. The van der Waals surface area contributed by atoms with E-state index < -0.39 is 21.7 Å². The van der Waals surface area contributed by atoms with Crippen LogP contribution in [0.3, 0.4) is 0 Å². The first-order valence-electron chi connectivity index (χ1n) is 8.06. The maximum absolute atomic E-state index is 13.3. The van der Waals surface area contributed by atoms with Gasteiger partial charge in [-0.25, -0.2) is 21.5 Å². The summed E-state index contributed by atoms with van der Waals surface area (Å²) in [6.07, 6.45) is 0. The van der Waals surface area contributed by atoms with Gasteiger partial charge in [0, 0.05) is 39.4 Å². The van der Waals surface area contributed by atoms with Crippen LogP contribution in [0.25, 0.3) is 0 Å². The summed E-state index contributed by atoms with van der Waals surface area (Å²) in [7, 11) is 0.794. The van der Waals surface area contributed by atoms with E-state index in [1.54, 1.807) is 25.2 Å². The van der Waals surface area contributed by atoms with E-state index in [9.17, 15) is 22.0 Å². The third-order valence-corrected chi connectivity index (χ3v) is 5.85. The molecule has 9 heteroatoms. The van der Waals surface area contributed by atoms with Gasteiger partial charge in [0.15, 0.2) is 11.6 Å². The lowest BCUT2D eigenvalue weighted by Crippen LogP contribution is -2.35. The number of hydrogen-bond donors (Lipinski definition) is 1. The summed E-state index contributed by atoms with van der Waals surface area (Å²) in [5, 5.41) is 2.65. The minimum atomic E-state index is -3.64. The number of amides is 1. The Kier molecular flexibility index (Phi) is 6.50. The molecule has 0 aliphatic heterocycles. The molecule has 0 atom stereocenters. The Labute approximate surface area is 157 Å². The molecule has 0 aliphatic rings. The van der Waals surface area contributed by atoms with Crippen molar-refractivity contribution in [2.45, 2.75) is 11.4 Å². The lowest BCUT2D eigenvalue weighted by Gasteiger charge is -2.19. The predicted molar refractivity (Wildman–Crippen MR) is 98.8 cm³/mol. The largest absolute Gasteiger partial charge is 0.365 e. The molecule has 0 saturated carbocycles. The fourth-order valence-corrected chi connectivity index (χ4v) is 3.49. The van der Waals surface area contributed by atoms with Crippen molar-refractivity contribution >= 4 is 21.6 Å². The molecule has 0 heterocycles. The molecular weight excluding hydrogens is 376 g/mol. The molecule has 0 bridgehead atoms. The van der Waals surface area contributed by atoms with Crippen molar-refractivity contribution in [2.75, 3.05) is 32.6 Å². The molecule has 1 amide bonds. The average molecular weight is 397 g/mol. The van der Waals surface area contributed by atoms with E-state index in [-0.39, 0.29) is 23.9 Å². The molecule has 0 aromatic heterocycles. The Bertz CT molecular complexity index is 933. The van der Waals surface area contributed by atoms with Crippen molar-refractivity contribution in [1.29, 1.82) is 0 Å². The van der Waals surface area contributed by atoms with Gasteiger partial charge in [0.2, 0.25) is 15.9 Å². The lowest BCUT2D eigenvalue weighted by atomic mass is 10.2. The highest BCUT2D eigenvalue weighted by molar-refractivity contribution is 7.89. The quantitative estimate of drug-likeness (QED) is 0.776. The van der Waals surface area contributed by atoms with Crippen LogP contribution in [0.1, 0.15) is 5.56 Å². The third-order valence-electron chi connectivity index (χ3n) is 3.93. The molecule has 2 aromatic carbocycles. The molecule has 0 unspecified atom stereocenters. The summed E-state index contributed by atoms with van der Waals surface area (Å²) >= 11 is 0. The molecule has 0 radical (unpaired) electrons. The van der Waals surface area contributed by atoms with Gasteiger partial charge < -0.3 is 10.2 Å². The number of anilines is 1. The van der Waals surface area contributed by atoms with Gasteiger partial charge in [0.05, 0.1) is 11.4 Å². The molecule has 2 aromatic rings. The standard InChI is InChI=1S/C18H21F2N3O3S/c1-22(2)27(25,26)17-7-5-4-6-13(17)11-21-18(24)12-23(3)14-8-9-15(19)16(20)10-14/h4-10H,11-12H2,1-3H3,(H,21,24). The van der Waals surface area contributed by atoms with E-state index in [0.29, 0.717) is 11.3 Å². The normalized spacial score (nSPS) is 11.5. The number of halogens is 2. The summed E-state index contributed by atoms with van der Waals surface area (Å²) in [6, 6.07) is 9.75. The van der Waals surface area contributed by atoms with Gasteiger partial charge in [-0.1, -0.05) is 18.2 Å². The van der Waals surface area contributed by atoms with E-state index in [0.717, 1.165) is 16.4 Å². The molecule has 146 valence electrons. The van der Waals surface area contributed by atoms with Gasteiger partial charge in [-0.3, -0.25) is 4.79 Å². The Morgan fingerprint density at radius 2 is 1.70 bits per heavy atom. The van der Waals surface area contributed by atoms with Crippen LogP contribution in [0.15, 0.2) is 47.4 Å². The molecule has 0 fully saturated rings. The number of sulfonamides is 1. The fraction of sp³-hybridized carbons (Fsp3) is 0.278. The van der Waals surface area contributed by atoms with Crippen molar-refractivity contribution < 1.29 is 22.0 Å². The van der Waals surface area contributed by atoms with E-state index in [1.807, 2.05) is 0 Å². The van der Waals surface area contributed by atoms with Crippen LogP contribution in [0.4, 0.5) is 14.5 Å². The van der Waals surface area contributed by atoms with Crippen molar-refractivity contribution in [3.8, 4) is 0 Å². The van der Waals surface area contributed by atoms with Gasteiger partial charge >= 0.3 is 0 Å². The molecule has 0 spiro atoms. The molecule has 27 heavy (non-hydrogen) atoms. The first-order chi connectivity index (χ1) is 12.6. The molecule has 6 nitrogen and oxygen atoms in total. The van der Waals surface area contributed by atoms with Crippen molar-refractivity contribution in [3.63, 3.8) is 0 Å². The number of benzene rings is 2. The Hall–Kier alpha value is -2.52. The van der Waals surface area contributed by atoms with Crippen molar-refractivity contribution in [3.05, 3.63) is 59.7 Å². The number of nitrogens with one attached hydrogen (secondary N) is 1. The monoisotopic (exact) mass is 397 g/mol. The highest BCUT2D eigenvalue weighted by atomic mass is 32.2. The van der Waals surface area contributed by atoms with Crippen LogP contribution >= 0.6 is 0 Å². The predicted octanol–water partition coefficient (Wildman–Crippen LogP) is 1.97. The SMILES string of the molecule is CN(CC(=O)NCc1ccccc1S(=O)(=O)N(C)C)c1ccc(F)c(F)c1. The zero-order valence-corrected chi connectivity index (χ0v) is 16.1. The number of rotatable bonds is 7. The Morgan fingerprint density at radius 3 is 2.33 bits per heavy atom. The summed E-state index contributed by atoms with van der Waals surface area (Å²) in [4.78, 5) is 13.7. The average Bonchev–Trinajstić information content (AvgIpc) is 2.62. The maximum atomic E-state index is 13.3. The van der Waals surface area contributed by atoms with Crippen LogP contribution in [0.2, 0.25) is 0 Å². The molecule has 0 saturated heterocycles. The number of nitrogens with zero attached hydrogens (tertiary/aromatic N) is 2. The van der Waals surface area contributed by atoms with Crippen molar-refractivity contribution in [2.24, 2.45) is 0 Å². The summed E-state index contributed by atoms with van der Waals surface area (Å²) in [6.45, 7) is -0.0820. The van der Waals surface area contributed by atoms with Gasteiger partial charge in [-0.2, -0.15) is 0 Å². The number of carbonyl (C=O) groups is 1. The molecule has 0 aliphatic carbocycles. The Balaban J connectivity index is 2.05. The lowest BCUT2D eigenvalue weighted by molar-refractivity contribution is -0.119. The summed E-state index contributed by atoms with van der Waals surface area (Å²) < 4.78 is 52.1. The second kappa shape index (κ2) is 8.45. The summed E-state index contributed by atoms with van der Waals surface area (Å²) in [5.41, 5.74) is 0.801. The van der Waals surface area contributed by atoms with Crippen LogP contribution in [0, 0.1) is 11.6 Å². The van der Waals surface area contributed by atoms with Crippen LogP contribution in [0.5, 0.6) is 0 Å². The van der Waals surface area contributed by atoms with Crippen LogP contribution in [-0.2, 0) is 21.4 Å². The van der Waals surface area contributed by atoms with Gasteiger partial charge in [-0.05, 0) is 23.8 Å². The second-order valence-electron chi connectivity index (χ2n) is 6.13. The highest BCUT2D eigenvalue weighted by Crippen LogP contribution is 2.19. The van der Waals surface area contributed by atoms with E-state index in [2.05, 4.69) is 5.32 Å². The zero-order valence-electron chi connectivity index (χ0n) is 15.2. The smallest absolute Gasteiger partial charge is 0.242 e. The topological polar surface area (TPSA) is 69.7 Å². The highest BCUT2D eigenvalue weighted by Gasteiger charge is 2.21. The van der Waals surface area contributed by atoms with E-state index in [4.69, 9.17) is 0 Å². The third kappa shape index (κ3) is 5.01. The van der Waals surface area contributed by atoms with Gasteiger partial charge in [0.25, 0.3) is 0 Å². The number of hydrogen-bond acceptors (Lipinski definition) is 4. The minimum absolute atomic E-state index is 0.0215. The minimum Gasteiger partial charge on any atom is -0.365 e. The van der Waals surface area contributed by atoms with Crippen LogP contribution < -0.4 is 10.2 Å².